The Morgan fingerprint density at radius 2 is 1.91 bits per heavy atom. The molecule has 0 aliphatic rings. The molecule has 7 heteroatoms. The lowest BCUT2D eigenvalue weighted by Gasteiger charge is -2.07. The Morgan fingerprint density at radius 3 is 2.61 bits per heavy atom. The van der Waals surface area contributed by atoms with Gasteiger partial charge in [0, 0.05) is 6.54 Å². The van der Waals surface area contributed by atoms with Gasteiger partial charge in [0.2, 0.25) is 0 Å². The number of rotatable bonds is 8. The highest BCUT2D eigenvalue weighted by atomic mass is 32.1. The van der Waals surface area contributed by atoms with Crippen LogP contribution in [-0.4, -0.2) is 31.6 Å². The Labute approximate surface area is 137 Å². The third-order valence-electron chi connectivity index (χ3n) is 2.79. The lowest BCUT2D eigenvalue weighted by atomic mass is 10.3. The quantitative estimate of drug-likeness (QED) is 0.594. The van der Waals surface area contributed by atoms with Crippen molar-refractivity contribution in [2.24, 2.45) is 0 Å². The molecule has 2 rings (SSSR count). The summed E-state index contributed by atoms with van der Waals surface area (Å²) in [4.78, 5) is 23.7. The minimum Gasteiger partial charge on any atom is -0.490 e. The van der Waals surface area contributed by atoms with E-state index in [1.807, 2.05) is 5.38 Å². The van der Waals surface area contributed by atoms with E-state index in [2.05, 4.69) is 5.32 Å². The highest BCUT2D eigenvalue weighted by Gasteiger charge is 2.08. The highest BCUT2D eigenvalue weighted by molar-refractivity contribution is 7.12. The van der Waals surface area contributed by atoms with E-state index in [9.17, 15) is 14.0 Å². The molecule has 0 atom stereocenters. The van der Waals surface area contributed by atoms with Gasteiger partial charge in [0.25, 0.3) is 5.91 Å². The van der Waals surface area contributed by atoms with Crippen LogP contribution in [0, 0.1) is 5.82 Å². The molecule has 1 N–H and O–H groups in total. The molecule has 0 saturated carbocycles. The van der Waals surface area contributed by atoms with Crippen LogP contribution in [0.4, 0.5) is 4.39 Å². The number of hydrogen-bond donors (Lipinski definition) is 1. The first kappa shape index (κ1) is 17.0. The summed E-state index contributed by atoms with van der Waals surface area (Å²) in [7, 11) is 0. The Balaban J connectivity index is 1.55. The smallest absolute Gasteiger partial charge is 0.307 e. The van der Waals surface area contributed by atoms with E-state index in [0.29, 0.717) is 10.6 Å². The van der Waals surface area contributed by atoms with Crippen molar-refractivity contribution in [2.75, 3.05) is 19.8 Å². The number of nitrogens with one attached hydrogen (secondary N) is 1. The summed E-state index contributed by atoms with van der Waals surface area (Å²) in [6.45, 7) is 0.488. The van der Waals surface area contributed by atoms with Crippen LogP contribution in [0.3, 0.4) is 0 Å². The van der Waals surface area contributed by atoms with Gasteiger partial charge in [-0.2, -0.15) is 0 Å². The molecule has 1 aromatic heterocycles. The van der Waals surface area contributed by atoms with Crippen LogP contribution in [-0.2, 0) is 9.53 Å². The Morgan fingerprint density at radius 1 is 1.13 bits per heavy atom. The monoisotopic (exact) mass is 337 g/mol. The molecular formula is C16H16FNO4S. The maximum Gasteiger partial charge on any atom is 0.307 e. The predicted molar refractivity (Wildman–Crippen MR) is 84.1 cm³/mol. The number of halogens is 1. The first-order chi connectivity index (χ1) is 11.1. The number of thiophene rings is 1. The molecule has 0 bridgehead atoms. The number of benzene rings is 1. The number of esters is 1. The van der Waals surface area contributed by atoms with Crippen molar-refractivity contribution in [2.45, 2.75) is 6.42 Å². The van der Waals surface area contributed by atoms with Crippen LogP contribution >= 0.6 is 11.3 Å². The third kappa shape index (κ3) is 6.07. The molecule has 1 aromatic carbocycles. The Kier molecular flexibility index (Phi) is 6.56. The van der Waals surface area contributed by atoms with E-state index in [4.69, 9.17) is 9.47 Å². The van der Waals surface area contributed by atoms with Crippen molar-refractivity contribution in [3.8, 4) is 5.75 Å². The SMILES string of the molecule is O=C(CCNC(=O)c1cccs1)OCCOc1ccc(F)cc1. The molecule has 0 saturated heterocycles. The molecule has 2 aromatic rings. The van der Waals surface area contributed by atoms with E-state index in [1.165, 1.54) is 35.6 Å². The molecule has 0 aliphatic heterocycles. The topological polar surface area (TPSA) is 64.6 Å². The Bertz CT molecular complexity index is 628. The first-order valence-corrected chi connectivity index (χ1v) is 7.89. The normalized spacial score (nSPS) is 10.1. The molecule has 0 aliphatic carbocycles. The fraction of sp³-hybridized carbons (Fsp3) is 0.250. The summed E-state index contributed by atoms with van der Waals surface area (Å²) in [6.07, 6.45) is 0.0909. The molecule has 0 spiro atoms. The fourth-order valence-corrected chi connectivity index (χ4v) is 2.33. The minimum absolute atomic E-state index is 0.0909. The molecule has 23 heavy (non-hydrogen) atoms. The Hall–Kier alpha value is -2.41. The number of amides is 1. The molecule has 122 valence electrons. The zero-order valence-electron chi connectivity index (χ0n) is 12.3. The van der Waals surface area contributed by atoms with Crippen LogP contribution in [0.5, 0.6) is 5.75 Å². The minimum atomic E-state index is -0.417. The molecule has 0 radical (unpaired) electrons. The van der Waals surface area contributed by atoms with Crippen molar-refractivity contribution in [1.29, 1.82) is 0 Å². The van der Waals surface area contributed by atoms with Crippen molar-refractivity contribution in [3.05, 3.63) is 52.5 Å². The summed E-state index contributed by atoms with van der Waals surface area (Å²) in [6, 6.07) is 9.07. The number of ether oxygens (including phenoxy) is 2. The van der Waals surface area contributed by atoms with Gasteiger partial charge in [0.1, 0.15) is 24.8 Å². The van der Waals surface area contributed by atoms with Crippen LogP contribution in [0.2, 0.25) is 0 Å². The summed E-state index contributed by atoms with van der Waals surface area (Å²) < 4.78 is 23.0. The zero-order valence-corrected chi connectivity index (χ0v) is 13.1. The molecule has 5 nitrogen and oxygen atoms in total. The second-order valence-electron chi connectivity index (χ2n) is 4.51. The summed E-state index contributed by atoms with van der Waals surface area (Å²) in [5, 5.41) is 4.45. The van der Waals surface area contributed by atoms with Crippen molar-refractivity contribution in [1.82, 2.24) is 5.32 Å². The van der Waals surface area contributed by atoms with Crippen LogP contribution in [0.25, 0.3) is 0 Å². The van der Waals surface area contributed by atoms with Gasteiger partial charge in [-0.15, -0.1) is 11.3 Å². The third-order valence-corrected chi connectivity index (χ3v) is 3.66. The lowest BCUT2D eigenvalue weighted by Crippen LogP contribution is -2.26. The molecular weight excluding hydrogens is 321 g/mol. The van der Waals surface area contributed by atoms with Crippen molar-refractivity contribution < 1.29 is 23.5 Å². The molecule has 1 heterocycles. The highest BCUT2D eigenvalue weighted by Crippen LogP contribution is 2.10. The maximum absolute atomic E-state index is 12.7. The summed E-state index contributed by atoms with van der Waals surface area (Å²) >= 11 is 1.34. The maximum atomic E-state index is 12.7. The van der Waals surface area contributed by atoms with Gasteiger partial charge in [0.05, 0.1) is 11.3 Å². The standard InChI is InChI=1S/C16H16FNO4S/c17-12-3-5-13(6-4-12)21-9-10-22-15(19)7-8-18-16(20)14-2-1-11-23-14/h1-6,11H,7-10H2,(H,18,20). The van der Waals surface area contributed by atoms with Gasteiger partial charge in [-0.1, -0.05) is 6.07 Å². The second-order valence-corrected chi connectivity index (χ2v) is 5.45. The van der Waals surface area contributed by atoms with E-state index in [-0.39, 0.29) is 37.9 Å². The van der Waals surface area contributed by atoms with Crippen molar-refractivity contribution >= 4 is 23.2 Å². The average Bonchev–Trinajstić information content (AvgIpc) is 3.08. The van der Waals surface area contributed by atoms with E-state index >= 15 is 0 Å². The second kappa shape index (κ2) is 8.89. The number of carbonyl (C=O) groups excluding carboxylic acids is 2. The number of carbonyl (C=O) groups is 2. The van der Waals surface area contributed by atoms with Crippen LogP contribution in [0.1, 0.15) is 16.1 Å². The molecule has 1 amide bonds. The molecule has 0 unspecified atom stereocenters. The van der Waals surface area contributed by atoms with Gasteiger partial charge >= 0.3 is 5.97 Å². The van der Waals surface area contributed by atoms with Gasteiger partial charge < -0.3 is 14.8 Å². The number of hydrogen-bond acceptors (Lipinski definition) is 5. The molecule has 0 fully saturated rings. The van der Waals surface area contributed by atoms with Gasteiger partial charge in [-0.25, -0.2) is 4.39 Å². The predicted octanol–water partition coefficient (Wildman–Crippen LogP) is 2.63. The van der Waals surface area contributed by atoms with Gasteiger partial charge in [-0.05, 0) is 35.7 Å². The zero-order chi connectivity index (χ0) is 16.5. The summed E-state index contributed by atoms with van der Waals surface area (Å²) in [5.74, 6) is -0.453. The van der Waals surface area contributed by atoms with Gasteiger partial charge in [-0.3, -0.25) is 9.59 Å². The van der Waals surface area contributed by atoms with Crippen LogP contribution < -0.4 is 10.1 Å². The summed E-state index contributed by atoms with van der Waals surface area (Å²) in [5.41, 5.74) is 0. The van der Waals surface area contributed by atoms with E-state index in [0.717, 1.165) is 0 Å². The van der Waals surface area contributed by atoms with Crippen molar-refractivity contribution in [3.63, 3.8) is 0 Å². The van der Waals surface area contributed by atoms with Gasteiger partial charge in [0.15, 0.2) is 0 Å². The van der Waals surface area contributed by atoms with E-state index in [1.54, 1.807) is 12.1 Å². The largest absolute Gasteiger partial charge is 0.490 e. The first-order valence-electron chi connectivity index (χ1n) is 7.01. The lowest BCUT2D eigenvalue weighted by molar-refractivity contribution is -0.144. The van der Waals surface area contributed by atoms with E-state index < -0.39 is 5.97 Å². The fourth-order valence-electron chi connectivity index (χ4n) is 1.69. The van der Waals surface area contributed by atoms with Crippen LogP contribution in [0.15, 0.2) is 41.8 Å². The average molecular weight is 337 g/mol.